The fraction of sp³-hybridized carbons (Fsp3) is 0.400. The fourth-order valence-electron chi connectivity index (χ4n) is 0.523. The molecule has 1 aromatic heterocycles. The lowest BCUT2D eigenvalue weighted by Crippen LogP contribution is -2.30. The molecule has 0 aromatic carbocycles. The summed E-state index contributed by atoms with van der Waals surface area (Å²) in [7, 11) is 0. The van der Waals surface area contributed by atoms with Gasteiger partial charge in [0.2, 0.25) is 5.82 Å². The van der Waals surface area contributed by atoms with Gasteiger partial charge in [-0.15, -0.1) is 0 Å². The summed E-state index contributed by atoms with van der Waals surface area (Å²) < 4.78 is 39.1. The van der Waals surface area contributed by atoms with Crippen LogP contribution < -0.4 is 5.32 Å². The number of aryl methyl sites for hydroxylation is 1. The highest BCUT2D eigenvalue weighted by Gasteiger charge is 2.39. The first kappa shape index (κ1) is 9.49. The predicted molar refractivity (Wildman–Crippen MR) is 33.7 cm³/mol. The average molecular weight is 195 g/mol. The van der Waals surface area contributed by atoms with Crippen LogP contribution in [0.4, 0.5) is 19.0 Å². The minimum Gasteiger partial charge on any atom is -0.298 e. The summed E-state index contributed by atoms with van der Waals surface area (Å²) in [4.78, 5) is 10.3. The van der Waals surface area contributed by atoms with E-state index in [0.717, 1.165) is 0 Å². The molecule has 0 saturated carbocycles. The van der Waals surface area contributed by atoms with Crippen LogP contribution in [-0.4, -0.2) is 22.4 Å². The molecule has 1 N–H and O–H groups in total. The maximum Gasteiger partial charge on any atom is 0.471 e. The van der Waals surface area contributed by atoms with Gasteiger partial charge in [0, 0.05) is 0 Å². The Kier molecular flexibility index (Phi) is 2.22. The maximum atomic E-state index is 11.7. The first-order chi connectivity index (χ1) is 5.91. The van der Waals surface area contributed by atoms with Crippen molar-refractivity contribution in [1.29, 1.82) is 0 Å². The van der Waals surface area contributed by atoms with Gasteiger partial charge < -0.3 is 0 Å². The summed E-state index contributed by atoms with van der Waals surface area (Å²) in [6.45, 7) is 1.35. The molecule has 8 heteroatoms. The van der Waals surface area contributed by atoms with Crippen molar-refractivity contribution in [3.8, 4) is 0 Å². The number of rotatable bonds is 1. The Balaban J connectivity index is 2.71. The molecule has 0 atom stereocenters. The number of hydrogen-bond acceptors (Lipinski definition) is 4. The van der Waals surface area contributed by atoms with Crippen molar-refractivity contribution in [2.75, 3.05) is 5.32 Å². The average Bonchev–Trinajstić information content (AvgIpc) is 2.34. The minimum absolute atomic E-state index is 0.0811. The number of nitrogens with one attached hydrogen (secondary N) is 1. The van der Waals surface area contributed by atoms with E-state index in [4.69, 9.17) is 0 Å². The number of halogens is 3. The molecule has 0 aliphatic carbocycles. The molecule has 0 unspecified atom stereocenters. The summed E-state index contributed by atoms with van der Waals surface area (Å²) in [6, 6.07) is 0. The summed E-state index contributed by atoms with van der Waals surface area (Å²) in [5.74, 6) is -2.44. The van der Waals surface area contributed by atoms with Crippen LogP contribution in [0.1, 0.15) is 5.69 Å². The molecule has 72 valence electrons. The van der Waals surface area contributed by atoms with Crippen molar-refractivity contribution in [2.24, 2.45) is 0 Å². The first-order valence-corrected chi connectivity index (χ1v) is 3.08. The topological polar surface area (TPSA) is 68.0 Å². The van der Waals surface area contributed by atoms with E-state index in [-0.39, 0.29) is 11.5 Å². The molecule has 0 radical (unpaired) electrons. The molecular weight excluding hydrogens is 191 g/mol. The van der Waals surface area contributed by atoms with Crippen molar-refractivity contribution in [1.82, 2.24) is 10.3 Å². The van der Waals surface area contributed by atoms with Gasteiger partial charge in [0.05, 0.1) is 0 Å². The lowest BCUT2D eigenvalue weighted by atomic mass is 10.4. The van der Waals surface area contributed by atoms with Gasteiger partial charge in [-0.25, -0.2) is 4.63 Å². The third-order valence-electron chi connectivity index (χ3n) is 1.14. The van der Waals surface area contributed by atoms with Crippen LogP contribution >= 0.6 is 0 Å². The highest BCUT2D eigenvalue weighted by Crippen LogP contribution is 2.18. The van der Waals surface area contributed by atoms with Crippen LogP contribution in [0.25, 0.3) is 0 Å². The van der Waals surface area contributed by atoms with Gasteiger partial charge in [-0.2, -0.15) is 13.2 Å². The van der Waals surface area contributed by atoms with Crippen molar-refractivity contribution in [2.45, 2.75) is 13.1 Å². The van der Waals surface area contributed by atoms with E-state index >= 15 is 0 Å². The normalized spacial score (nSPS) is 11.4. The highest BCUT2D eigenvalue weighted by molar-refractivity contribution is 5.94. The first-order valence-electron chi connectivity index (χ1n) is 3.08. The molecular formula is C5H4F3N3O2. The number of alkyl halides is 3. The second-order valence-electron chi connectivity index (χ2n) is 2.15. The van der Waals surface area contributed by atoms with Crippen LogP contribution in [0.2, 0.25) is 0 Å². The van der Waals surface area contributed by atoms with Gasteiger partial charge in [0.15, 0.2) is 0 Å². The Morgan fingerprint density at radius 1 is 1.46 bits per heavy atom. The van der Waals surface area contributed by atoms with E-state index in [0.29, 0.717) is 0 Å². The summed E-state index contributed by atoms with van der Waals surface area (Å²) in [6.07, 6.45) is -4.94. The molecule has 1 aromatic rings. The second-order valence-corrected chi connectivity index (χ2v) is 2.15. The molecule has 0 saturated heterocycles. The maximum absolute atomic E-state index is 11.7. The Hall–Kier alpha value is -1.60. The van der Waals surface area contributed by atoms with Crippen molar-refractivity contribution < 1.29 is 22.6 Å². The van der Waals surface area contributed by atoms with Crippen LogP contribution in [0.3, 0.4) is 0 Å². The molecule has 0 bridgehead atoms. The van der Waals surface area contributed by atoms with Gasteiger partial charge >= 0.3 is 12.1 Å². The van der Waals surface area contributed by atoms with Gasteiger partial charge in [0.1, 0.15) is 5.69 Å². The molecule has 0 aliphatic rings. The SMILES string of the molecule is Cc1nonc1NC(=O)C(F)(F)F. The lowest BCUT2D eigenvalue weighted by molar-refractivity contribution is -0.167. The number of hydrogen-bond donors (Lipinski definition) is 1. The third-order valence-corrected chi connectivity index (χ3v) is 1.14. The summed E-state index contributed by atoms with van der Waals surface area (Å²) >= 11 is 0. The Morgan fingerprint density at radius 3 is 2.46 bits per heavy atom. The van der Waals surface area contributed by atoms with Gasteiger partial charge in [0.25, 0.3) is 0 Å². The van der Waals surface area contributed by atoms with E-state index in [2.05, 4.69) is 14.9 Å². The number of carbonyl (C=O) groups is 1. The molecule has 1 rings (SSSR count). The fourth-order valence-corrected chi connectivity index (χ4v) is 0.523. The number of anilines is 1. The monoisotopic (exact) mass is 195 g/mol. The van der Waals surface area contributed by atoms with Crippen molar-refractivity contribution >= 4 is 11.7 Å². The molecule has 0 aliphatic heterocycles. The van der Waals surface area contributed by atoms with E-state index in [1.54, 1.807) is 0 Å². The number of carbonyl (C=O) groups excluding carboxylic acids is 1. The summed E-state index contributed by atoms with van der Waals surface area (Å²) in [5.41, 5.74) is 0.0811. The third kappa shape index (κ3) is 2.17. The van der Waals surface area contributed by atoms with E-state index in [9.17, 15) is 18.0 Å². The van der Waals surface area contributed by atoms with E-state index in [1.165, 1.54) is 12.2 Å². The largest absolute Gasteiger partial charge is 0.471 e. The molecule has 1 amide bonds. The van der Waals surface area contributed by atoms with Crippen LogP contribution in [0.15, 0.2) is 4.63 Å². The number of amides is 1. The van der Waals surface area contributed by atoms with Gasteiger partial charge in [-0.1, -0.05) is 5.16 Å². The molecule has 0 fully saturated rings. The minimum atomic E-state index is -4.94. The number of nitrogens with zero attached hydrogens (tertiary/aromatic N) is 2. The van der Waals surface area contributed by atoms with E-state index < -0.39 is 12.1 Å². The molecule has 0 spiro atoms. The molecule has 1 heterocycles. The predicted octanol–water partition coefficient (Wildman–Crippen LogP) is 0.879. The Bertz CT molecular complexity index is 319. The zero-order chi connectivity index (χ0) is 10.1. The smallest absolute Gasteiger partial charge is 0.298 e. The van der Waals surface area contributed by atoms with Crippen molar-refractivity contribution in [3.05, 3.63) is 5.69 Å². The quantitative estimate of drug-likeness (QED) is 0.722. The lowest BCUT2D eigenvalue weighted by Gasteiger charge is -2.04. The van der Waals surface area contributed by atoms with Gasteiger partial charge in [-0.05, 0) is 12.1 Å². The Morgan fingerprint density at radius 2 is 2.08 bits per heavy atom. The van der Waals surface area contributed by atoms with Crippen LogP contribution in [0.5, 0.6) is 0 Å². The van der Waals surface area contributed by atoms with Crippen LogP contribution in [0, 0.1) is 6.92 Å². The standard InChI is InChI=1S/C5H4F3N3O2/c1-2-3(11-13-10-2)9-4(12)5(6,7)8/h1H3,(H,9,11,12). The number of aromatic nitrogens is 2. The van der Waals surface area contributed by atoms with Crippen molar-refractivity contribution in [3.63, 3.8) is 0 Å². The van der Waals surface area contributed by atoms with Gasteiger partial charge in [-0.3, -0.25) is 10.1 Å². The zero-order valence-corrected chi connectivity index (χ0v) is 6.34. The van der Waals surface area contributed by atoms with E-state index in [1.807, 2.05) is 0 Å². The highest BCUT2D eigenvalue weighted by atomic mass is 19.4. The Labute approximate surface area is 69.9 Å². The summed E-state index contributed by atoms with van der Waals surface area (Å²) in [5, 5.41) is 7.73. The zero-order valence-electron chi connectivity index (χ0n) is 6.34. The second kappa shape index (κ2) is 3.04. The molecule has 5 nitrogen and oxygen atoms in total. The van der Waals surface area contributed by atoms with Crippen LogP contribution in [-0.2, 0) is 4.79 Å². The molecule has 13 heavy (non-hydrogen) atoms.